The van der Waals surface area contributed by atoms with Crippen molar-refractivity contribution in [1.82, 2.24) is 20.2 Å². The summed E-state index contributed by atoms with van der Waals surface area (Å²) in [6.45, 7) is 1.27. The van der Waals surface area contributed by atoms with Crippen molar-refractivity contribution < 1.29 is 0 Å². The summed E-state index contributed by atoms with van der Waals surface area (Å²) < 4.78 is 1.74. The van der Waals surface area contributed by atoms with Crippen LogP contribution in [-0.2, 0) is 6.54 Å². The lowest BCUT2D eigenvalue weighted by atomic mass is 10.3. The Morgan fingerprint density at radius 3 is 3.00 bits per heavy atom. The average molecular weight is 273 g/mol. The van der Waals surface area contributed by atoms with Gasteiger partial charge in [0.2, 0.25) is 0 Å². The van der Waals surface area contributed by atoms with Crippen molar-refractivity contribution in [1.29, 1.82) is 0 Å². The first-order valence-electron chi connectivity index (χ1n) is 6.92. The third-order valence-corrected chi connectivity index (χ3v) is 3.45. The van der Waals surface area contributed by atoms with Crippen LogP contribution in [-0.4, -0.2) is 35.1 Å². The Hall–Kier alpha value is -2.24. The van der Waals surface area contributed by atoms with E-state index in [2.05, 4.69) is 20.6 Å². The number of hydrogen-bond donors (Lipinski definition) is 3. The maximum atomic E-state index is 11.9. The molecular formula is C14H19N5O. The lowest BCUT2D eigenvalue weighted by Gasteiger charge is -2.11. The Morgan fingerprint density at radius 2 is 2.25 bits per heavy atom. The molecule has 1 aromatic carbocycles. The van der Waals surface area contributed by atoms with Crippen LogP contribution in [0.2, 0.25) is 0 Å². The van der Waals surface area contributed by atoms with Crippen LogP contribution in [0.1, 0.15) is 12.8 Å². The molecule has 1 saturated carbocycles. The smallest absolute Gasteiger partial charge is 0.326 e. The van der Waals surface area contributed by atoms with Gasteiger partial charge in [-0.1, -0.05) is 12.1 Å². The van der Waals surface area contributed by atoms with Crippen LogP contribution in [0.4, 0.5) is 0 Å². The molecule has 106 valence electrons. The number of guanidine groups is 1. The molecule has 1 fully saturated rings. The first-order chi connectivity index (χ1) is 9.78. The Bertz CT molecular complexity index is 680. The highest BCUT2D eigenvalue weighted by Crippen LogP contribution is 2.18. The Kier molecular flexibility index (Phi) is 3.45. The van der Waals surface area contributed by atoms with Crippen molar-refractivity contribution in [3.05, 3.63) is 34.7 Å². The highest BCUT2D eigenvalue weighted by Gasteiger charge is 2.21. The van der Waals surface area contributed by atoms with Crippen LogP contribution >= 0.6 is 0 Å². The van der Waals surface area contributed by atoms with Gasteiger partial charge >= 0.3 is 5.69 Å². The number of para-hydroxylation sites is 2. The third-order valence-electron chi connectivity index (χ3n) is 3.45. The molecule has 0 unspecified atom stereocenters. The van der Waals surface area contributed by atoms with Crippen molar-refractivity contribution in [2.75, 3.05) is 13.6 Å². The average Bonchev–Trinajstić information content (AvgIpc) is 3.21. The van der Waals surface area contributed by atoms with Gasteiger partial charge in [-0.05, 0) is 25.0 Å². The number of rotatable bonds is 4. The van der Waals surface area contributed by atoms with Gasteiger partial charge in [0.1, 0.15) is 0 Å². The zero-order chi connectivity index (χ0) is 13.9. The number of aromatic amines is 1. The fourth-order valence-corrected chi connectivity index (χ4v) is 2.23. The molecule has 1 heterocycles. The van der Waals surface area contributed by atoms with Crippen LogP contribution in [0.15, 0.2) is 34.1 Å². The predicted octanol–water partition coefficient (Wildman–Crippen LogP) is 0.657. The van der Waals surface area contributed by atoms with Gasteiger partial charge in [0.15, 0.2) is 5.96 Å². The summed E-state index contributed by atoms with van der Waals surface area (Å²) in [5.41, 5.74) is 1.74. The van der Waals surface area contributed by atoms with Crippen molar-refractivity contribution in [3.8, 4) is 0 Å². The number of aliphatic imine (C=N–C) groups is 1. The van der Waals surface area contributed by atoms with Gasteiger partial charge in [-0.2, -0.15) is 0 Å². The zero-order valence-corrected chi connectivity index (χ0v) is 11.5. The van der Waals surface area contributed by atoms with E-state index in [-0.39, 0.29) is 5.69 Å². The van der Waals surface area contributed by atoms with Gasteiger partial charge in [0, 0.05) is 26.2 Å². The number of fused-ring (bicyclic) bond motifs is 1. The minimum atomic E-state index is -0.0712. The second kappa shape index (κ2) is 5.40. The molecule has 0 atom stereocenters. The van der Waals surface area contributed by atoms with E-state index in [1.54, 1.807) is 11.6 Å². The molecule has 2 aromatic rings. The van der Waals surface area contributed by atoms with E-state index >= 15 is 0 Å². The molecule has 1 aliphatic rings. The van der Waals surface area contributed by atoms with Crippen molar-refractivity contribution in [2.24, 2.45) is 4.99 Å². The minimum Gasteiger partial charge on any atom is -0.355 e. The molecule has 0 bridgehead atoms. The molecule has 6 nitrogen and oxygen atoms in total. The van der Waals surface area contributed by atoms with Gasteiger partial charge in [0.25, 0.3) is 0 Å². The summed E-state index contributed by atoms with van der Waals surface area (Å²) in [5, 5.41) is 6.55. The molecular weight excluding hydrogens is 254 g/mol. The lowest BCUT2D eigenvalue weighted by molar-refractivity contribution is 0.658. The van der Waals surface area contributed by atoms with E-state index in [0.29, 0.717) is 19.1 Å². The zero-order valence-electron chi connectivity index (χ0n) is 11.5. The summed E-state index contributed by atoms with van der Waals surface area (Å²) >= 11 is 0. The molecule has 3 rings (SSSR count). The number of H-pyrrole nitrogens is 1. The summed E-state index contributed by atoms with van der Waals surface area (Å²) in [6.07, 6.45) is 2.42. The van der Waals surface area contributed by atoms with Crippen LogP contribution in [0.3, 0.4) is 0 Å². The summed E-state index contributed by atoms with van der Waals surface area (Å²) in [7, 11) is 1.76. The van der Waals surface area contributed by atoms with Gasteiger partial charge in [0.05, 0.1) is 11.0 Å². The number of benzene rings is 1. The minimum absolute atomic E-state index is 0.0712. The number of hydrogen-bond acceptors (Lipinski definition) is 2. The van der Waals surface area contributed by atoms with E-state index in [0.717, 1.165) is 17.0 Å². The first kappa shape index (κ1) is 12.8. The summed E-state index contributed by atoms with van der Waals surface area (Å²) in [4.78, 5) is 18.9. The topological polar surface area (TPSA) is 74.2 Å². The molecule has 1 aliphatic carbocycles. The van der Waals surface area contributed by atoms with Crippen LogP contribution < -0.4 is 16.3 Å². The first-order valence-corrected chi connectivity index (χ1v) is 6.92. The number of nitrogens with zero attached hydrogens (tertiary/aromatic N) is 2. The number of imidazole rings is 1. The fourth-order valence-electron chi connectivity index (χ4n) is 2.23. The van der Waals surface area contributed by atoms with Gasteiger partial charge < -0.3 is 15.6 Å². The molecule has 3 N–H and O–H groups in total. The number of nitrogens with one attached hydrogen (secondary N) is 3. The largest absolute Gasteiger partial charge is 0.355 e. The van der Waals surface area contributed by atoms with E-state index < -0.39 is 0 Å². The van der Waals surface area contributed by atoms with E-state index in [1.807, 2.05) is 24.3 Å². The van der Waals surface area contributed by atoms with Crippen LogP contribution in [0.5, 0.6) is 0 Å². The van der Waals surface area contributed by atoms with Crippen LogP contribution in [0, 0.1) is 0 Å². The second-order valence-electron chi connectivity index (χ2n) is 5.02. The SMILES string of the molecule is CN=C(NCCn1c(=O)[nH]c2ccccc21)NC1CC1. The van der Waals surface area contributed by atoms with E-state index in [9.17, 15) is 4.79 Å². The maximum Gasteiger partial charge on any atom is 0.326 e. The Morgan fingerprint density at radius 1 is 1.45 bits per heavy atom. The molecule has 6 heteroatoms. The Labute approximate surface area is 116 Å². The lowest BCUT2D eigenvalue weighted by Crippen LogP contribution is -2.40. The molecule has 1 aromatic heterocycles. The summed E-state index contributed by atoms with van der Waals surface area (Å²) in [6, 6.07) is 8.28. The molecule has 0 radical (unpaired) electrons. The van der Waals surface area contributed by atoms with Gasteiger partial charge in [-0.15, -0.1) is 0 Å². The molecule has 20 heavy (non-hydrogen) atoms. The van der Waals surface area contributed by atoms with Crippen molar-refractivity contribution in [3.63, 3.8) is 0 Å². The molecule has 0 amide bonds. The monoisotopic (exact) mass is 273 g/mol. The normalized spacial score (nSPS) is 15.6. The maximum absolute atomic E-state index is 11.9. The van der Waals surface area contributed by atoms with Gasteiger partial charge in [-0.25, -0.2) is 4.79 Å². The molecule has 0 aliphatic heterocycles. The van der Waals surface area contributed by atoms with E-state index in [1.165, 1.54) is 12.8 Å². The van der Waals surface area contributed by atoms with Crippen molar-refractivity contribution >= 4 is 17.0 Å². The predicted molar refractivity (Wildman–Crippen MR) is 80.1 cm³/mol. The second-order valence-corrected chi connectivity index (χ2v) is 5.02. The van der Waals surface area contributed by atoms with Crippen molar-refractivity contribution in [2.45, 2.75) is 25.4 Å². The molecule has 0 saturated heterocycles. The van der Waals surface area contributed by atoms with Crippen LogP contribution in [0.25, 0.3) is 11.0 Å². The Balaban J connectivity index is 1.64. The number of aromatic nitrogens is 2. The van der Waals surface area contributed by atoms with Gasteiger partial charge in [-0.3, -0.25) is 9.56 Å². The fraction of sp³-hybridized carbons (Fsp3) is 0.429. The highest BCUT2D eigenvalue weighted by atomic mass is 16.1. The highest BCUT2D eigenvalue weighted by molar-refractivity contribution is 5.80. The molecule has 0 spiro atoms. The van der Waals surface area contributed by atoms with E-state index in [4.69, 9.17) is 0 Å². The standard InChI is InChI=1S/C14H19N5O/c1-15-13(17-10-6-7-10)16-8-9-19-12-5-3-2-4-11(12)18-14(19)20/h2-5,10H,6-9H2,1H3,(H,18,20)(H2,15,16,17). The quantitative estimate of drug-likeness (QED) is 0.566. The summed E-state index contributed by atoms with van der Waals surface area (Å²) in [5.74, 6) is 0.806. The third kappa shape index (κ3) is 2.68.